The molecular weight excluding hydrogens is 124 g/mol. The van der Waals surface area contributed by atoms with Crippen LogP contribution < -0.4 is 5.32 Å². The number of nitrogens with one attached hydrogen (secondary N) is 2. The van der Waals surface area contributed by atoms with Crippen molar-refractivity contribution >= 4 is 5.96 Å². The Morgan fingerprint density at radius 2 is 2.56 bits per heavy atom. The number of hydrazine groups is 1. The van der Waals surface area contributed by atoms with Crippen LogP contribution in [0.2, 0.25) is 0 Å². The van der Waals surface area contributed by atoms with Crippen molar-refractivity contribution in [1.29, 1.82) is 5.41 Å². The van der Waals surface area contributed by atoms with Crippen molar-refractivity contribution in [2.24, 2.45) is 0 Å². The molecule has 0 unspecified atom stereocenters. The fourth-order valence-corrected chi connectivity index (χ4v) is 0.647. The first kappa shape index (κ1) is 5.80. The SMILES string of the molecule is N=C1NCCN1[N+](=O)[O-]. The highest BCUT2D eigenvalue weighted by Gasteiger charge is 2.25. The van der Waals surface area contributed by atoms with Gasteiger partial charge in [-0.05, 0) is 0 Å². The third-order valence-corrected chi connectivity index (χ3v) is 1.07. The minimum Gasteiger partial charge on any atom is -0.350 e. The summed E-state index contributed by atoms with van der Waals surface area (Å²) >= 11 is 0. The molecule has 0 aromatic carbocycles. The first-order valence-electron chi connectivity index (χ1n) is 2.46. The molecule has 0 bridgehead atoms. The van der Waals surface area contributed by atoms with Crippen molar-refractivity contribution in [3.05, 3.63) is 10.1 Å². The second-order valence-electron chi connectivity index (χ2n) is 1.64. The minimum absolute atomic E-state index is 0.125. The van der Waals surface area contributed by atoms with Crippen molar-refractivity contribution < 1.29 is 5.03 Å². The van der Waals surface area contributed by atoms with Crippen LogP contribution in [-0.4, -0.2) is 29.1 Å². The lowest BCUT2D eigenvalue weighted by Crippen LogP contribution is -2.33. The molecule has 0 saturated carbocycles. The minimum atomic E-state index is -0.595. The molecule has 1 aliphatic heterocycles. The average Bonchev–Trinajstić information content (AvgIpc) is 2.13. The standard InChI is InChI=1S/C3H6N4O2/c4-3-5-1-2-6(3)7(8)9/h1-2H2,(H2,4,5). The van der Waals surface area contributed by atoms with Crippen molar-refractivity contribution in [2.45, 2.75) is 0 Å². The highest BCUT2D eigenvalue weighted by Crippen LogP contribution is 1.92. The molecule has 50 valence electrons. The van der Waals surface area contributed by atoms with E-state index in [1.807, 2.05) is 0 Å². The molecule has 6 heteroatoms. The lowest BCUT2D eigenvalue weighted by molar-refractivity contribution is -0.626. The molecule has 0 aromatic rings. The van der Waals surface area contributed by atoms with Crippen LogP contribution in [0.5, 0.6) is 0 Å². The van der Waals surface area contributed by atoms with Crippen LogP contribution in [0, 0.1) is 15.5 Å². The number of nitro groups is 1. The van der Waals surface area contributed by atoms with Crippen LogP contribution in [0.15, 0.2) is 0 Å². The molecule has 2 N–H and O–H groups in total. The van der Waals surface area contributed by atoms with Crippen LogP contribution in [0.1, 0.15) is 0 Å². The van der Waals surface area contributed by atoms with E-state index in [4.69, 9.17) is 5.41 Å². The monoisotopic (exact) mass is 130 g/mol. The molecule has 0 aliphatic carbocycles. The van der Waals surface area contributed by atoms with E-state index in [1.54, 1.807) is 0 Å². The highest BCUT2D eigenvalue weighted by molar-refractivity contribution is 5.77. The maximum absolute atomic E-state index is 9.96. The molecule has 1 heterocycles. The molecular formula is C3H6N4O2. The molecule has 1 fully saturated rings. The largest absolute Gasteiger partial charge is 0.350 e. The Morgan fingerprint density at radius 3 is 2.78 bits per heavy atom. The van der Waals surface area contributed by atoms with Gasteiger partial charge in [0.25, 0.3) is 5.96 Å². The summed E-state index contributed by atoms with van der Waals surface area (Å²) < 4.78 is 0. The van der Waals surface area contributed by atoms with Crippen LogP contribution >= 0.6 is 0 Å². The van der Waals surface area contributed by atoms with Crippen LogP contribution in [0.25, 0.3) is 0 Å². The van der Waals surface area contributed by atoms with Crippen LogP contribution in [0.4, 0.5) is 0 Å². The third-order valence-electron chi connectivity index (χ3n) is 1.07. The van der Waals surface area contributed by atoms with Crippen molar-refractivity contribution in [1.82, 2.24) is 10.3 Å². The van der Waals surface area contributed by atoms with E-state index in [0.717, 1.165) is 5.01 Å². The maximum atomic E-state index is 9.96. The zero-order valence-electron chi connectivity index (χ0n) is 4.63. The van der Waals surface area contributed by atoms with Gasteiger partial charge in [-0.2, -0.15) is 0 Å². The summed E-state index contributed by atoms with van der Waals surface area (Å²) in [6.07, 6.45) is 0. The Balaban J connectivity index is 2.60. The number of guanidine groups is 1. The Morgan fingerprint density at radius 1 is 1.89 bits per heavy atom. The first-order valence-corrected chi connectivity index (χ1v) is 2.46. The fraction of sp³-hybridized carbons (Fsp3) is 0.667. The van der Waals surface area contributed by atoms with E-state index in [-0.39, 0.29) is 12.5 Å². The molecule has 9 heavy (non-hydrogen) atoms. The molecule has 0 amide bonds. The number of hydrogen-bond donors (Lipinski definition) is 2. The summed E-state index contributed by atoms with van der Waals surface area (Å²) in [5.74, 6) is -0.125. The second-order valence-corrected chi connectivity index (χ2v) is 1.64. The Labute approximate surface area is 51.1 Å². The van der Waals surface area contributed by atoms with Gasteiger partial charge in [-0.25, -0.2) is 10.1 Å². The molecule has 0 atom stereocenters. The van der Waals surface area contributed by atoms with E-state index in [9.17, 15) is 10.1 Å². The average molecular weight is 130 g/mol. The summed E-state index contributed by atoms with van der Waals surface area (Å²) in [6.45, 7) is 0.769. The summed E-state index contributed by atoms with van der Waals surface area (Å²) in [7, 11) is 0. The zero-order chi connectivity index (χ0) is 6.85. The number of rotatable bonds is 1. The molecule has 1 aliphatic rings. The zero-order valence-corrected chi connectivity index (χ0v) is 4.63. The summed E-state index contributed by atoms with van der Waals surface area (Å²) in [6, 6.07) is 0. The molecule has 1 rings (SSSR count). The van der Waals surface area contributed by atoms with Gasteiger partial charge in [-0.1, -0.05) is 5.01 Å². The maximum Gasteiger partial charge on any atom is 0.254 e. The lowest BCUT2D eigenvalue weighted by atomic mass is 10.7. The topological polar surface area (TPSA) is 82.3 Å². The second kappa shape index (κ2) is 1.88. The molecule has 0 radical (unpaired) electrons. The Hall–Kier alpha value is -1.33. The van der Waals surface area contributed by atoms with Gasteiger partial charge >= 0.3 is 0 Å². The van der Waals surface area contributed by atoms with Crippen molar-refractivity contribution in [3.63, 3.8) is 0 Å². The summed E-state index contributed by atoms with van der Waals surface area (Å²) in [5.41, 5.74) is 0. The molecule has 1 saturated heterocycles. The molecule has 0 aromatic heterocycles. The van der Waals surface area contributed by atoms with Crippen LogP contribution in [-0.2, 0) is 0 Å². The van der Waals surface area contributed by atoms with Gasteiger partial charge in [0.2, 0.25) is 0 Å². The highest BCUT2D eigenvalue weighted by atomic mass is 16.7. The quantitative estimate of drug-likeness (QED) is 0.353. The van der Waals surface area contributed by atoms with E-state index >= 15 is 0 Å². The lowest BCUT2D eigenvalue weighted by Gasteiger charge is -2.01. The van der Waals surface area contributed by atoms with Gasteiger partial charge < -0.3 is 5.32 Å². The smallest absolute Gasteiger partial charge is 0.254 e. The number of hydrogen-bond acceptors (Lipinski definition) is 3. The van der Waals surface area contributed by atoms with Crippen molar-refractivity contribution in [2.75, 3.05) is 13.1 Å². The summed E-state index contributed by atoms with van der Waals surface area (Å²) in [5, 5.41) is 19.6. The number of nitrogens with zero attached hydrogens (tertiary/aromatic N) is 2. The van der Waals surface area contributed by atoms with Gasteiger partial charge in [-0.15, -0.1) is 0 Å². The Kier molecular flexibility index (Phi) is 1.21. The molecule has 0 spiro atoms. The normalized spacial score (nSPS) is 17.8. The van der Waals surface area contributed by atoms with Gasteiger partial charge in [0.1, 0.15) is 6.54 Å². The van der Waals surface area contributed by atoms with E-state index < -0.39 is 5.03 Å². The first-order chi connectivity index (χ1) is 4.22. The molecule has 6 nitrogen and oxygen atoms in total. The Bertz CT molecular complexity index is 156. The van der Waals surface area contributed by atoms with Gasteiger partial charge in [0.15, 0.2) is 5.03 Å². The van der Waals surface area contributed by atoms with Gasteiger partial charge in [0.05, 0.1) is 0 Å². The van der Waals surface area contributed by atoms with Gasteiger partial charge in [0, 0.05) is 6.54 Å². The van der Waals surface area contributed by atoms with E-state index in [2.05, 4.69) is 5.32 Å². The van der Waals surface area contributed by atoms with Crippen LogP contribution in [0.3, 0.4) is 0 Å². The van der Waals surface area contributed by atoms with Crippen molar-refractivity contribution in [3.8, 4) is 0 Å². The third kappa shape index (κ3) is 0.906. The predicted octanol–water partition coefficient (Wildman–Crippen LogP) is -0.982. The van der Waals surface area contributed by atoms with E-state index in [0.29, 0.717) is 6.54 Å². The van der Waals surface area contributed by atoms with E-state index in [1.165, 1.54) is 0 Å². The fourth-order valence-electron chi connectivity index (χ4n) is 0.647. The van der Waals surface area contributed by atoms with Gasteiger partial charge in [-0.3, -0.25) is 5.41 Å². The predicted molar refractivity (Wildman–Crippen MR) is 29.4 cm³/mol. The summed E-state index contributed by atoms with van der Waals surface area (Å²) in [4.78, 5) is 9.96.